The van der Waals surface area contributed by atoms with Gasteiger partial charge in [0.05, 0.1) is 0 Å². The lowest BCUT2D eigenvalue weighted by molar-refractivity contribution is -0.167. The first-order valence-electron chi connectivity index (χ1n) is 33.2. The van der Waals surface area contributed by atoms with E-state index < -0.39 is 6.10 Å². The fraction of sp³-hybridized carbons (Fsp3) is 0.736. The highest BCUT2D eigenvalue weighted by Gasteiger charge is 2.19. The zero-order chi connectivity index (χ0) is 56.4. The molecule has 6 heteroatoms. The van der Waals surface area contributed by atoms with Gasteiger partial charge in [-0.25, -0.2) is 0 Å². The normalized spacial score (nSPS) is 12.7. The van der Waals surface area contributed by atoms with Gasteiger partial charge in [-0.05, 0) is 103 Å². The standard InChI is InChI=1S/C72H124O6/c1-4-7-10-13-16-18-20-22-24-26-28-30-31-32-33-34-35-36-37-38-39-40-41-43-44-46-48-50-52-54-56-59-62-65-71(74)77-68-69(67-76-70(73)64-61-58-15-12-9-6-3)78-72(75)66-63-60-57-55-53-51-49-47-45-42-29-27-25-23-21-19-17-14-11-8-5-2/h8,11,17,19-20,22-23,25-26,28-29,42,47,49,53,55,69H,4-7,9-10,12-16,18,21,24,27,30-41,43-46,48,50-52,54,56-68H2,1-3H3/b11-8-,19-17-,22-20-,25-23-,28-26-,42-29-,49-47-,55-53-. The molecule has 0 saturated carbocycles. The maximum absolute atomic E-state index is 12.8. The molecule has 1 atom stereocenters. The highest BCUT2D eigenvalue weighted by Crippen LogP contribution is 2.17. The minimum atomic E-state index is -0.797. The Bertz CT molecular complexity index is 1530. The summed E-state index contributed by atoms with van der Waals surface area (Å²) < 4.78 is 16.8. The van der Waals surface area contributed by atoms with Crippen molar-refractivity contribution in [1.29, 1.82) is 0 Å². The average molecular weight is 1090 g/mol. The molecular weight excluding hydrogens is 961 g/mol. The summed E-state index contributed by atoms with van der Waals surface area (Å²) in [5.74, 6) is -0.938. The Balaban J connectivity index is 4.04. The van der Waals surface area contributed by atoms with Gasteiger partial charge in [0.2, 0.25) is 0 Å². The van der Waals surface area contributed by atoms with E-state index in [9.17, 15) is 14.4 Å². The van der Waals surface area contributed by atoms with Crippen molar-refractivity contribution in [1.82, 2.24) is 0 Å². The first kappa shape index (κ1) is 74.3. The van der Waals surface area contributed by atoms with Crippen molar-refractivity contribution in [3.05, 3.63) is 97.2 Å². The monoisotopic (exact) mass is 1080 g/mol. The Kier molecular flexibility index (Phi) is 62.7. The fourth-order valence-electron chi connectivity index (χ4n) is 9.36. The molecule has 448 valence electrons. The van der Waals surface area contributed by atoms with Crippen LogP contribution in [0, 0.1) is 0 Å². The summed E-state index contributed by atoms with van der Waals surface area (Å²) >= 11 is 0. The van der Waals surface area contributed by atoms with E-state index in [4.69, 9.17) is 14.2 Å². The third-order valence-corrected chi connectivity index (χ3v) is 14.3. The smallest absolute Gasteiger partial charge is 0.306 e. The average Bonchev–Trinajstić information content (AvgIpc) is 3.44. The van der Waals surface area contributed by atoms with E-state index in [0.717, 1.165) is 96.3 Å². The van der Waals surface area contributed by atoms with Crippen LogP contribution >= 0.6 is 0 Å². The van der Waals surface area contributed by atoms with Crippen LogP contribution in [0.3, 0.4) is 0 Å². The maximum Gasteiger partial charge on any atom is 0.306 e. The molecule has 0 spiro atoms. The zero-order valence-electron chi connectivity index (χ0n) is 51.4. The van der Waals surface area contributed by atoms with Crippen LogP contribution in [-0.2, 0) is 28.6 Å². The fourth-order valence-corrected chi connectivity index (χ4v) is 9.36. The summed E-state index contributed by atoms with van der Waals surface area (Å²) in [4.78, 5) is 38.0. The summed E-state index contributed by atoms with van der Waals surface area (Å²) in [7, 11) is 0. The lowest BCUT2D eigenvalue weighted by atomic mass is 10.0. The molecular formula is C72H124O6. The molecule has 0 bridgehead atoms. The van der Waals surface area contributed by atoms with Crippen molar-refractivity contribution in [2.45, 2.75) is 329 Å². The van der Waals surface area contributed by atoms with Crippen molar-refractivity contribution in [3.63, 3.8) is 0 Å². The topological polar surface area (TPSA) is 78.9 Å². The Morgan fingerprint density at radius 2 is 0.500 bits per heavy atom. The lowest BCUT2D eigenvalue weighted by Crippen LogP contribution is -2.30. The maximum atomic E-state index is 12.8. The molecule has 0 amide bonds. The van der Waals surface area contributed by atoms with Gasteiger partial charge >= 0.3 is 17.9 Å². The molecule has 0 aliphatic carbocycles. The van der Waals surface area contributed by atoms with Gasteiger partial charge in [-0.15, -0.1) is 0 Å². The SMILES string of the molecule is CC/C=C\C/C=C\C/C=C\C/C=C\C/C=C\C/C=C\CCCCC(=O)OC(COC(=O)CCCCCCCC)COC(=O)CCCCCCCCCCCCCCCCCCCCCCC/C=C\C/C=C\CCCCCCC. The molecule has 78 heavy (non-hydrogen) atoms. The number of hydrogen-bond acceptors (Lipinski definition) is 6. The van der Waals surface area contributed by atoms with E-state index in [1.165, 1.54) is 180 Å². The van der Waals surface area contributed by atoms with Crippen LogP contribution in [0.4, 0.5) is 0 Å². The molecule has 0 N–H and O–H groups in total. The van der Waals surface area contributed by atoms with Gasteiger partial charge in [0.15, 0.2) is 6.10 Å². The van der Waals surface area contributed by atoms with E-state index in [2.05, 4.69) is 118 Å². The number of allylic oxidation sites excluding steroid dienone is 16. The number of hydrogen-bond donors (Lipinski definition) is 0. The number of rotatable bonds is 60. The second kappa shape index (κ2) is 65.8. The zero-order valence-corrected chi connectivity index (χ0v) is 51.4. The Morgan fingerprint density at radius 3 is 0.808 bits per heavy atom. The summed E-state index contributed by atoms with van der Waals surface area (Å²) in [5, 5.41) is 0. The number of ether oxygens (including phenoxy) is 3. The minimum absolute atomic E-state index is 0.0926. The van der Waals surface area contributed by atoms with Gasteiger partial charge in [0.1, 0.15) is 13.2 Å². The van der Waals surface area contributed by atoms with Crippen molar-refractivity contribution in [2.75, 3.05) is 13.2 Å². The molecule has 0 saturated heterocycles. The van der Waals surface area contributed by atoms with Crippen LogP contribution in [0.15, 0.2) is 97.2 Å². The van der Waals surface area contributed by atoms with Crippen LogP contribution in [-0.4, -0.2) is 37.2 Å². The molecule has 0 aliphatic rings. The Labute approximate surface area is 483 Å². The quantitative estimate of drug-likeness (QED) is 0.0261. The van der Waals surface area contributed by atoms with E-state index >= 15 is 0 Å². The van der Waals surface area contributed by atoms with Crippen molar-refractivity contribution in [3.8, 4) is 0 Å². The largest absolute Gasteiger partial charge is 0.462 e. The highest BCUT2D eigenvalue weighted by atomic mass is 16.6. The molecule has 0 aromatic heterocycles. The third kappa shape index (κ3) is 63.2. The third-order valence-electron chi connectivity index (χ3n) is 14.3. The molecule has 0 fully saturated rings. The number of unbranched alkanes of at least 4 members (excludes halogenated alkanes) is 33. The van der Waals surface area contributed by atoms with E-state index in [1.54, 1.807) is 0 Å². The highest BCUT2D eigenvalue weighted by molar-refractivity contribution is 5.71. The van der Waals surface area contributed by atoms with Crippen LogP contribution in [0.5, 0.6) is 0 Å². The first-order chi connectivity index (χ1) is 38.5. The predicted molar refractivity (Wildman–Crippen MR) is 339 cm³/mol. The van der Waals surface area contributed by atoms with Gasteiger partial charge in [-0.2, -0.15) is 0 Å². The van der Waals surface area contributed by atoms with Crippen LogP contribution in [0.2, 0.25) is 0 Å². The van der Waals surface area contributed by atoms with E-state index in [-0.39, 0.29) is 37.5 Å². The molecule has 0 aromatic rings. The van der Waals surface area contributed by atoms with Gasteiger partial charge in [-0.3, -0.25) is 14.4 Å². The Morgan fingerprint density at radius 1 is 0.269 bits per heavy atom. The minimum Gasteiger partial charge on any atom is -0.462 e. The molecule has 0 rings (SSSR count). The van der Waals surface area contributed by atoms with Gasteiger partial charge in [0, 0.05) is 19.3 Å². The summed E-state index contributed by atoms with van der Waals surface area (Å²) in [6, 6.07) is 0. The molecule has 0 radical (unpaired) electrons. The summed E-state index contributed by atoms with van der Waals surface area (Å²) in [6.45, 7) is 6.44. The second-order valence-electron chi connectivity index (χ2n) is 22.0. The van der Waals surface area contributed by atoms with Gasteiger partial charge in [0.25, 0.3) is 0 Å². The number of carbonyl (C=O) groups is 3. The summed E-state index contributed by atoms with van der Waals surface area (Å²) in [6.07, 6.45) is 89.1. The first-order valence-corrected chi connectivity index (χ1v) is 33.2. The lowest BCUT2D eigenvalue weighted by Gasteiger charge is -2.18. The number of esters is 3. The second-order valence-corrected chi connectivity index (χ2v) is 22.0. The van der Waals surface area contributed by atoms with Crippen LogP contribution in [0.1, 0.15) is 323 Å². The predicted octanol–water partition coefficient (Wildman–Crippen LogP) is 22.8. The van der Waals surface area contributed by atoms with Crippen molar-refractivity contribution < 1.29 is 28.6 Å². The van der Waals surface area contributed by atoms with Crippen molar-refractivity contribution >= 4 is 17.9 Å². The molecule has 0 heterocycles. The summed E-state index contributed by atoms with van der Waals surface area (Å²) in [5.41, 5.74) is 0. The van der Waals surface area contributed by atoms with E-state index in [0.29, 0.717) is 19.3 Å². The van der Waals surface area contributed by atoms with Crippen LogP contribution in [0.25, 0.3) is 0 Å². The molecule has 1 unspecified atom stereocenters. The molecule has 0 aliphatic heterocycles. The molecule has 0 aromatic carbocycles. The van der Waals surface area contributed by atoms with Crippen molar-refractivity contribution in [2.24, 2.45) is 0 Å². The Hall–Kier alpha value is -3.67. The van der Waals surface area contributed by atoms with Gasteiger partial charge < -0.3 is 14.2 Å². The molecule has 6 nitrogen and oxygen atoms in total. The van der Waals surface area contributed by atoms with Crippen LogP contribution < -0.4 is 0 Å². The van der Waals surface area contributed by atoms with E-state index in [1.807, 2.05) is 0 Å². The number of carbonyl (C=O) groups excluding carboxylic acids is 3. The van der Waals surface area contributed by atoms with Gasteiger partial charge in [-0.1, -0.05) is 298 Å².